The van der Waals surface area contributed by atoms with Crippen molar-refractivity contribution in [3.05, 3.63) is 46.2 Å². The number of anilines is 2. The Hall–Kier alpha value is -2.19. The van der Waals surface area contributed by atoms with Crippen LogP contribution in [0.15, 0.2) is 35.7 Å². The van der Waals surface area contributed by atoms with Crippen LogP contribution in [0.4, 0.5) is 11.4 Å². The molecule has 0 unspecified atom stereocenters. The van der Waals surface area contributed by atoms with E-state index < -0.39 is 9.84 Å². The molecule has 1 aliphatic rings. The maximum absolute atomic E-state index is 12.7. The van der Waals surface area contributed by atoms with Gasteiger partial charge >= 0.3 is 0 Å². The van der Waals surface area contributed by atoms with Gasteiger partial charge in [-0.05, 0) is 48.1 Å². The van der Waals surface area contributed by atoms with E-state index in [0.29, 0.717) is 17.1 Å². The molecule has 0 saturated carbocycles. The van der Waals surface area contributed by atoms with Crippen LogP contribution in [0.5, 0.6) is 0 Å². The largest absolute Gasteiger partial charge is 0.326 e. The topological polar surface area (TPSA) is 83.6 Å². The average Bonchev–Trinajstić information content (AvgIpc) is 3.12. The molecule has 1 N–H and O–H groups in total. The van der Waals surface area contributed by atoms with Gasteiger partial charge in [0.2, 0.25) is 5.91 Å². The van der Waals surface area contributed by atoms with E-state index in [4.69, 9.17) is 0 Å². The van der Waals surface area contributed by atoms with Crippen molar-refractivity contribution in [1.82, 2.24) is 0 Å². The molecule has 0 saturated heterocycles. The van der Waals surface area contributed by atoms with Crippen molar-refractivity contribution >= 4 is 44.4 Å². The van der Waals surface area contributed by atoms with Crippen LogP contribution in [0.1, 0.15) is 28.1 Å². The molecule has 138 valence electrons. The van der Waals surface area contributed by atoms with Crippen molar-refractivity contribution in [2.45, 2.75) is 19.3 Å². The third-order valence-corrected chi connectivity index (χ3v) is 5.96. The minimum absolute atomic E-state index is 0.00844. The number of carbonyl (C=O) groups is 2. The maximum atomic E-state index is 12.7. The first-order chi connectivity index (χ1) is 12.3. The predicted octanol–water partition coefficient (Wildman–Crippen LogP) is 2.71. The molecule has 0 spiro atoms. The third-order valence-electron chi connectivity index (χ3n) is 4.16. The normalized spacial score (nSPS) is 14.0. The minimum atomic E-state index is -3.17. The molecule has 1 aromatic carbocycles. The molecule has 6 nitrogen and oxygen atoms in total. The third kappa shape index (κ3) is 4.50. The molecular weight excluding hydrogens is 372 g/mol. The fourth-order valence-corrected chi connectivity index (χ4v) is 4.15. The molecule has 1 aromatic heterocycles. The second kappa shape index (κ2) is 7.59. The highest BCUT2D eigenvalue weighted by Gasteiger charge is 2.24. The molecule has 0 bridgehead atoms. The van der Waals surface area contributed by atoms with Crippen LogP contribution < -0.4 is 10.2 Å². The molecule has 3 rings (SSSR count). The van der Waals surface area contributed by atoms with Gasteiger partial charge in [0.1, 0.15) is 9.84 Å². The number of fused-ring (bicyclic) bond motifs is 1. The molecular formula is C18H20N2O4S2. The summed E-state index contributed by atoms with van der Waals surface area (Å²) in [6.07, 6.45) is 2.73. The summed E-state index contributed by atoms with van der Waals surface area (Å²) in [5.41, 5.74) is 2.48. The summed E-state index contributed by atoms with van der Waals surface area (Å²) >= 11 is 1.42. The smallest absolute Gasteiger partial charge is 0.268 e. The first-order valence-electron chi connectivity index (χ1n) is 8.29. The van der Waals surface area contributed by atoms with Gasteiger partial charge in [-0.2, -0.15) is 0 Å². The summed E-state index contributed by atoms with van der Waals surface area (Å²) in [5.74, 6) is -0.518. The van der Waals surface area contributed by atoms with Crippen LogP contribution in [0.3, 0.4) is 0 Å². The van der Waals surface area contributed by atoms with Crippen molar-refractivity contribution in [2.75, 3.05) is 28.8 Å². The zero-order valence-electron chi connectivity index (χ0n) is 14.4. The van der Waals surface area contributed by atoms with E-state index in [-0.39, 0.29) is 24.0 Å². The Morgan fingerprint density at radius 3 is 2.77 bits per heavy atom. The highest BCUT2D eigenvalue weighted by atomic mass is 32.2. The van der Waals surface area contributed by atoms with Crippen LogP contribution >= 0.6 is 11.3 Å². The van der Waals surface area contributed by atoms with E-state index in [2.05, 4.69) is 5.32 Å². The molecule has 0 fully saturated rings. The number of amides is 2. The number of hydrogen-bond acceptors (Lipinski definition) is 5. The molecule has 0 atom stereocenters. The van der Waals surface area contributed by atoms with Gasteiger partial charge in [0.25, 0.3) is 5.91 Å². The highest BCUT2D eigenvalue weighted by Crippen LogP contribution is 2.31. The van der Waals surface area contributed by atoms with Gasteiger partial charge in [0.05, 0.1) is 10.6 Å². The molecule has 2 amide bonds. The lowest BCUT2D eigenvalue weighted by molar-refractivity contribution is -0.115. The Morgan fingerprint density at radius 2 is 2.08 bits per heavy atom. The lowest BCUT2D eigenvalue weighted by atomic mass is 10.0. The minimum Gasteiger partial charge on any atom is -0.326 e. The van der Waals surface area contributed by atoms with Crippen molar-refractivity contribution in [1.29, 1.82) is 0 Å². The van der Waals surface area contributed by atoms with E-state index in [1.54, 1.807) is 11.0 Å². The lowest BCUT2D eigenvalue weighted by Crippen LogP contribution is -2.35. The molecule has 2 aromatic rings. The van der Waals surface area contributed by atoms with E-state index in [1.165, 1.54) is 11.3 Å². The Bertz CT molecular complexity index is 921. The number of rotatable bonds is 5. The second-order valence-electron chi connectivity index (χ2n) is 6.31. The van der Waals surface area contributed by atoms with E-state index in [0.717, 1.165) is 30.3 Å². The molecule has 26 heavy (non-hydrogen) atoms. The van der Waals surface area contributed by atoms with Crippen LogP contribution in [0.25, 0.3) is 0 Å². The summed E-state index contributed by atoms with van der Waals surface area (Å²) in [6, 6.07) is 9.13. The molecule has 0 aliphatic carbocycles. The fourth-order valence-electron chi connectivity index (χ4n) is 2.92. The summed E-state index contributed by atoms with van der Waals surface area (Å²) in [7, 11) is -3.17. The number of carbonyl (C=O) groups excluding carboxylic acids is 2. The molecule has 1 aliphatic heterocycles. The van der Waals surface area contributed by atoms with Gasteiger partial charge in [0.15, 0.2) is 0 Å². The number of sulfone groups is 1. The van der Waals surface area contributed by atoms with Crippen molar-refractivity contribution in [2.24, 2.45) is 0 Å². The standard InChI is InChI=1S/C18H20N2O4S2/c1-26(23,24)11-8-17(21)19-14-6-7-15-13(12-14)4-2-9-20(15)18(22)16-5-3-10-25-16/h3,5-7,10,12H,2,4,8-9,11H2,1H3,(H,19,21). The monoisotopic (exact) mass is 392 g/mol. The first-order valence-corrected chi connectivity index (χ1v) is 11.2. The molecule has 8 heteroatoms. The number of nitrogens with zero attached hydrogens (tertiary/aromatic N) is 1. The maximum Gasteiger partial charge on any atom is 0.268 e. The molecule has 0 radical (unpaired) electrons. The number of benzene rings is 1. The summed E-state index contributed by atoms with van der Waals surface area (Å²) in [6.45, 7) is 0.670. The van der Waals surface area contributed by atoms with E-state index in [9.17, 15) is 18.0 Å². The van der Waals surface area contributed by atoms with Crippen LogP contribution in [0, 0.1) is 0 Å². The zero-order valence-corrected chi connectivity index (χ0v) is 16.0. The lowest BCUT2D eigenvalue weighted by Gasteiger charge is -2.29. The average molecular weight is 393 g/mol. The number of thiophene rings is 1. The fraction of sp³-hybridized carbons (Fsp3) is 0.333. The second-order valence-corrected chi connectivity index (χ2v) is 9.52. The van der Waals surface area contributed by atoms with Crippen LogP contribution in [-0.2, 0) is 21.1 Å². The zero-order chi connectivity index (χ0) is 18.7. The Balaban J connectivity index is 1.74. The summed E-state index contributed by atoms with van der Waals surface area (Å²) in [4.78, 5) is 27.1. The van der Waals surface area contributed by atoms with Crippen LogP contribution in [-0.4, -0.2) is 38.8 Å². The Kier molecular flexibility index (Phi) is 5.43. The van der Waals surface area contributed by atoms with Gasteiger partial charge in [0, 0.05) is 30.6 Å². The Morgan fingerprint density at radius 1 is 1.27 bits per heavy atom. The Labute approximate surface area is 156 Å². The number of aryl methyl sites for hydroxylation is 1. The van der Waals surface area contributed by atoms with Gasteiger partial charge in [-0.1, -0.05) is 6.07 Å². The van der Waals surface area contributed by atoms with Crippen molar-refractivity contribution < 1.29 is 18.0 Å². The van der Waals surface area contributed by atoms with Crippen molar-refractivity contribution in [3.63, 3.8) is 0 Å². The predicted molar refractivity (Wildman–Crippen MR) is 104 cm³/mol. The summed E-state index contributed by atoms with van der Waals surface area (Å²) < 4.78 is 22.3. The van der Waals surface area contributed by atoms with Gasteiger partial charge < -0.3 is 10.2 Å². The SMILES string of the molecule is CS(=O)(=O)CCC(=O)Nc1ccc2c(c1)CCCN2C(=O)c1cccs1. The van der Waals surface area contributed by atoms with Gasteiger partial charge in [-0.25, -0.2) is 8.42 Å². The van der Waals surface area contributed by atoms with E-state index >= 15 is 0 Å². The number of hydrogen-bond donors (Lipinski definition) is 1. The van der Waals surface area contributed by atoms with Crippen molar-refractivity contribution in [3.8, 4) is 0 Å². The van der Waals surface area contributed by atoms with Crippen LogP contribution in [0.2, 0.25) is 0 Å². The first kappa shape index (κ1) is 18.6. The number of nitrogens with one attached hydrogen (secondary N) is 1. The molecule has 2 heterocycles. The van der Waals surface area contributed by atoms with E-state index in [1.807, 2.05) is 29.6 Å². The highest BCUT2D eigenvalue weighted by molar-refractivity contribution is 7.90. The summed E-state index contributed by atoms with van der Waals surface area (Å²) in [5, 5.41) is 4.61. The quantitative estimate of drug-likeness (QED) is 0.848. The van der Waals surface area contributed by atoms with Gasteiger partial charge in [-0.3, -0.25) is 9.59 Å². The van der Waals surface area contributed by atoms with Gasteiger partial charge in [-0.15, -0.1) is 11.3 Å².